The Balaban J connectivity index is 2.27. The van der Waals surface area contributed by atoms with Gasteiger partial charge in [0.05, 0.1) is 6.04 Å². The van der Waals surface area contributed by atoms with Gasteiger partial charge in [0, 0.05) is 5.02 Å². The molecule has 0 aliphatic carbocycles. The first kappa shape index (κ1) is 9.34. The predicted octanol–water partition coefficient (Wildman–Crippen LogP) is 2.51. The molecule has 1 heterocycles. The molecule has 2 atom stereocenters. The van der Waals surface area contributed by atoms with Crippen molar-refractivity contribution in [1.82, 2.24) is 5.32 Å². The van der Waals surface area contributed by atoms with E-state index in [4.69, 9.17) is 16.3 Å². The summed E-state index contributed by atoms with van der Waals surface area (Å²) in [6.45, 7) is 1.90. The Morgan fingerprint density at radius 1 is 1.50 bits per heavy atom. The van der Waals surface area contributed by atoms with Gasteiger partial charge < -0.3 is 10.1 Å². The number of hydrogen-bond donors (Lipinski definition) is 1. The van der Waals surface area contributed by atoms with Crippen LogP contribution in [0.2, 0.25) is 5.02 Å². The van der Waals surface area contributed by atoms with Crippen LogP contribution in [0.15, 0.2) is 24.3 Å². The molecule has 1 aliphatic rings. The van der Waals surface area contributed by atoms with Gasteiger partial charge in [-0.1, -0.05) is 23.7 Å². The SMILES string of the molecule is C[C@@H]1NC(=O)O[C@@H]1c1cccc(Cl)c1. The highest BCUT2D eigenvalue weighted by Crippen LogP contribution is 2.27. The second-order valence-electron chi connectivity index (χ2n) is 3.31. The van der Waals surface area contributed by atoms with Gasteiger partial charge in [-0.15, -0.1) is 0 Å². The van der Waals surface area contributed by atoms with Crippen LogP contribution in [0.5, 0.6) is 0 Å². The summed E-state index contributed by atoms with van der Waals surface area (Å²) in [4.78, 5) is 11.0. The largest absolute Gasteiger partial charge is 0.439 e. The Morgan fingerprint density at radius 2 is 2.29 bits per heavy atom. The number of carbonyl (C=O) groups is 1. The summed E-state index contributed by atoms with van der Waals surface area (Å²) in [7, 11) is 0. The van der Waals surface area contributed by atoms with Crippen molar-refractivity contribution in [3.8, 4) is 0 Å². The molecular formula is C10H10ClNO2. The number of alkyl carbamates (subject to hydrolysis) is 1. The van der Waals surface area contributed by atoms with Gasteiger partial charge in [-0.2, -0.15) is 0 Å². The molecule has 4 heteroatoms. The number of hydrogen-bond acceptors (Lipinski definition) is 2. The van der Waals surface area contributed by atoms with Gasteiger partial charge in [-0.25, -0.2) is 4.79 Å². The number of amides is 1. The Hall–Kier alpha value is -1.22. The van der Waals surface area contributed by atoms with Gasteiger partial charge in [0.2, 0.25) is 0 Å². The van der Waals surface area contributed by atoms with Crippen LogP contribution in [0.1, 0.15) is 18.6 Å². The van der Waals surface area contributed by atoms with E-state index in [2.05, 4.69) is 5.32 Å². The minimum absolute atomic E-state index is 0.0130. The highest BCUT2D eigenvalue weighted by atomic mass is 35.5. The predicted molar refractivity (Wildman–Crippen MR) is 53.3 cm³/mol. The average molecular weight is 212 g/mol. The number of benzene rings is 1. The Kier molecular flexibility index (Phi) is 2.33. The van der Waals surface area contributed by atoms with Crippen LogP contribution >= 0.6 is 11.6 Å². The van der Waals surface area contributed by atoms with E-state index in [-0.39, 0.29) is 18.2 Å². The third kappa shape index (κ3) is 1.68. The van der Waals surface area contributed by atoms with Gasteiger partial charge in [-0.3, -0.25) is 0 Å². The Morgan fingerprint density at radius 3 is 2.86 bits per heavy atom. The van der Waals surface area contributed by atoms with Gasteiger partial charge in [0.1, 0.15) is 6.10 Å². The number of halogens is 1. The topological polar surface area (TPSA) is 38.3 Å². The Bertz CT molecular complexity index is 367. The standard InChI is InChI=1S/C10H10ClNO2/c1-6-9(14-10(13)12-6)7-3-2-4-8(11)5-7/h2-6,9H,1H3,(H,12,13)/t6-,9-/m0/s1. The molecule has 1 N–H and O–H groups in total. The summed E-state index contributed by atoms with van der Waals surface area (Å²) in [5.41, 5.74) is 0.920. The first-order chi connectivity index (χ1) is 6.66. The van der Waals surface area contributed by atoms with Crippen molar-refractivity contribution in [2.24, 2.45) is 0 Å². The van der Waals surface area contributed by atoms with Crippen molar-refractivity contribution in [3.05, 3.63) is 34.9 Å². The number of carbonyl (C=O) groups excluding carboxylic acids is 1. The summed E-state index contributed by atoms with van der Waals surface area (Å²) in [5.74, 6) is 0. The van der Waals surface area contributed by atoms with E-state index in [9.17, 15) is 4.79 Å². The van der Waals surface area contributed by atoms with Crippen LogP contribution < -0.4 is 5.32 Å². The molecule has 0 bridgehead atoms. The maximum atomic E-state index is 11.0. The van der Waals surface area contributed by atoms with Crippen LogP contribution in [0.4, 0.5) is 4.79 Å². The second-order valence-corrected chi connectivity index (χ2v) is 3.75. The minimum Gasteiger partial charge on any atom is -0.439 e. The molecule has 14 heavy (non-hydrogen) atoms. The van der Waals surface area contributed by atoms with E-state index < -0.39 is 0 Å². The summed E-state index contributed by atoms with van der Waals surface area (Å²) < 4.78 is 5.11. The number of rotatable bonds is 1. The lowest BCUT2D eigenvalue weighted by atomic mass is 10.0. The van der Waals surface area contributed by atoms with Crippen LogP contribution in [0.3, 0.4) is 0 Å². The van der Waals surface area contributed by atoms with Crippen molar-refractivity contribution >= 4 is 17.7 Å². The quantitative estimate of drug-likeness (QED) is 0.775. The number of ether oxygens (including phenoxy) is 1. The zero-order valence-corrected chi connectivity index (χ0v) is 8.41. The molecule has 1 saturated heterocycles. The maximum Gasteiger partial charge on any atom is 0.408 e. The van der Waals surface area contributed by atoms with Gasteiger partial charge in [0.25, 0.3) is 0 Å². The molecule has 0 saturated carbocycles. The minimum atomic E-state index is -0.373. The number of cyclic esters (lactones) is 1. The van der Waals surface area contributed by atoms with Crippen LogP contribution in [-0.4, -0.2) is 12.1 Å². The van der Waals surface area contributed by atoms with Gasteiger partial charge >= 0.3 is 6.09 Å². The van der Waals surface area contributed by atoms with Gasteiger partial charge in [0.15, 0.2) is 0 Å². The fourth-order valence-electron chi connectivity index (χ4n) is 1.55. The zero-order chi connectivity index (χ0) is 10.1. The zero-order valence-electron chi connectivity index (χ0n) is 7.66. The molecule has 1 aromatic rings. The van der Waals surface area contributed by atoms with Crippen molar-refractivity contribution in [3.63, 3.8) is 0 Å². The van der Waals surface area contributed by atoms with Crippen molar-refractivity contribution in [1.29, 1.82) is 0 Å². The normalized spacial score (nSPS) is 25.7. The fraction of sp³-hybridized carbons (Fsp3) is 0.300. The smallest absolute Gasteiger partial charge is 0.408 e. The molecule has 0 aromatic heterocycles. The molecule has 0 spiro atoms. The molecule has 1 aromatic carbocycles. The molecule has 74 valence electrons. The Labute approximate surface area is 87.0 Å². The summed E-state index contributed by atoms with van der Waals surface area (Å²) in [5, 5.41) is 3.33. The highest BCUT2D eigenvalue weighted by molar-refractivity contribution is 6.30. The molecule has 2 rings (SSSR count). The van der Waals surface area contributed by atoms with E-state index in [1.165, 1.54) is 0 Å². The van der Waals surface area contributed by atoms with E-state index in [1.54, 1.807) is 6.07 Å². The van der Waals surface area contributed by atoms with Crippen LogP contribution in [0, 0.1) is 0 Å². The van der Waals surface area contributed by atoms with E-state index in [1.807, 2.05) is 25.1 Å². The molecule has 0 radical (unpaired) electrons. The highest BCUT2D eigenvalue weighted by Gasteiger charge is 2.31. The number of nitrogens with one attached hydrogen (secondary N) is 1. The molecule has 1 aliphatic heterocycles. The molecular weight excluding hydrogens is 202 g/mol. The van der Waals surface area contributed by atoms with E-state index in [0.717, 1.165) is 5.56 Å². The van der Waals surface area contributed by atoms with E-state index >= 15 is 0 Å². The molecule has 1 fully saturated rings. The lowest BCUT2D eigenvalue weighted by Crippen LogP contribution is -2.23. The third-order valence-corrected chi connectivity index (χ3v) is 2.45. The third-order valence-electron chi connectivity index (χ3n) is 2.21. The monoisotopic (exact) mass is 211 g/mol. The maximum absolute atomic E-state index is 11.0. The van der Waals surface area contributed by atoms with Crippen molar-refractivity contribution in [2.45, 2.75) is 19.1 Å². The van der Waals surface area contributed by atoms with E-state index in [0.29, 0.717) is 5.02 Å². The van der Waals surface area contributed by atoms with Crippen LogP contribution in [0.25, 0.3) is 0 Å². The summed E-state index contributed by atoms with van der Waals surface area (Å²) in [6.07, 6.45) is -0.608. The first-order valence-electron chi connectivity index (χ1n) is 4.39. The molecule has 3 nitrogen and oxygen atoms in total. The second kappa shape index (κ2) is 3.50. The lowest BCUT2D eigenvalue weighted by Gasteiger charge is -2.12. The molecule has 1 amide bonds. The van der Waals surface area contributed by atoms with Gasteiger partial charge in [-0.05, 0) is 24.6 Å². The summed E-state index contributed by atoms with van der Waals surface area (Å²) >= 11 is 5.85. The summed E-state index contributed by atoms with van der Waals surface area (Å²) in [6, 6.07) is 7.33. The average Bonchev–Trinajstić information content (AvgIpc) is 2.45. The van der Waals surface area contributed by atoms with Crippen molar-refractivity contribution in [2.75, 3.05) is 0 Å². The van der Waals surface area contributed by atoms with Crippen LogP contribution in [-0.2, 0) is 4.74 Å². The fourth-order valence-corrected chi connectivity index (χ4v) is 1.75. The molecule has 0 unspecified atom stereocenters. The first-order valence-corrected chi connectivity index (χ1v) is 4.77. The van der Waals surface area contributed by atoms with Crippen molar-refractivity contribution < 1.29 is 9.53 Å². The lowest BCUT2D eigenvalue weighted by molar-refractivity contribution is 0.134.